The highest BCUT2D eigenvalue weighted by atomic mass is 32.2. The third-order valence-electron chi connectivity index (χ3n) is 3.66. The fourth-order valence-corrected chi connectivity index (χ4v) is 3.24. The number of nitrogens with zero attached hydrogens (tertiary/aromatic N) is 2. The molecule has 0 saturated carbocycles. The molecule has 1 heterocycles. The van der Waals surface area contributed by atoms with Gasteiger partial charge in [0, 0.05) is 11.4 Å². The molecule has 0 aliphatic rings. The number of anilines is 1. The third-order valence-corrected chi connectivity index (χ3v) is 4.71. The first kappa shape index (κ1) is 16.9. The highest BCUT2D eigenvalue weighted by Gasteiger charge is 2.16. The van der Waals surface area contributed by atoms with Gasteiger partial charge in [0.25, 0.3) is 5.91 Å². The van der Waals surface area contributed by atoms with Crippen LogP contribution in [0.15, 0.2) is 66.0 Å². The van der Waals surface area contributed by atoms with E-state index in [9.17, 15) is 13.2 Å². The summed E-state index contributed by atoms with van der Waals surface area (Å²) in [6, 6.07) is 13.8. The smallest absolute Gasteiger partial charge is 0.274 e. The lowest BCUT2D eigenvalue weighted by Crippen LogP contribution is -2.18. The lowest BCUT2D eigenvalue weighted by Gasteiger charge is -2.10. The predicted molar refractivity (Wildman–Crippen MR) is 94.1 cm³/mol. The Bertz CT molecular complexity index is 1030. The van der Waals surface area contributed by atoms with Crippen LogP contribution in [0.1, 0.15) is 16.1 Å². The molecule has 128 valence electrons. The van der Waals surface area contributed by atoms with Gasteiger partial charge in [0.1, 0.15) is 5.69 Å². The Morgan fingerprint density at radius 1 is 1.16 bits per heavy atom. The molecule has 0 bridgehead atoms. The lowest BCUT2D eigenvalue weighted by molar-refractivity contribution is 0.102. The van der Waals surface area contributed by atoms with Crippen LogP contribution in [0.4, 0.5) is 5.69 Å². The number of nitrogens with one attached hydrogen (secondary N) is 1. The van der Waals surface area contributed by atoms with E-state index in [4.69, 9.17) is 5.14 Å². The number of carbonyl (C=O) groups excluding carboxylic acids is 1. The van der Waals surface area contributed by atoms with Crippen molar-refractivity contribution in [2.45, 2.75) is 11.8 Å². The minimum atomic E-state index is -3.87. The van der Waals surface area contributed by atoms with Crippen LogP contribution >= 0.6 is 0 Å². The van der Waals surface area contributed by atoms with Crippen molar-refractivity contribution in [1.82, 2.24) is 9.55 Å². The maximum absolute atomic E-state index is 12.6. The molecule has 8 heteroatoms. The molecule has 0 radical (unpaired) electrons. The second kappa shape index (κ2) is 6.50. The molecule has 0 atom stereocenters. The first-order chi connectivity index (χ1) is 11.9. The van der Waals surface area contributed by atoms with Crippen LogP contribution in [0.2, 0.25) is 0 Å². The number of primary sulfonamides is 1. The molecule has 7 nitrogen and oxygen atoms in total. The minimum Gasteiger partial charge on any atom is -0.321 e. The number of aryl methyl sites for hydroxylation is 1. The number of nitrogens with two attached hydrogens (primary N) is 1. The number of amides is 1. The van der Waals surface area contributed by atoms with Crippen molar-refractivity contribution in [3.63, 3.8) is 0 Å². The molecule has 0 saturated heterocycles. The van der Waals surface area contributed by atoms with Gasteiger partial charge in [-0.25, -0.2) is 18.5 Å². The SMILES string of the molecule is Cc1ccc(NC(=O)c2cncn2-c2ccccc2)cc1S(N)(=O)=O. The summed E-state index contributed by atoms with van der Waals surface area (Å²) >= 11 is 0. The predicted octanol–water partition coefficient (Wildman–Crippen LogP) is 2.08. The van der Waals surface area contributed by atoms with Crippen LogP contribution in [0.5, 0.6) is 0 Å². The molecule has 3 N–H and O–H groups in total. The van der Waals surface area contributed by atoms with Crippen molar-refractivity contribution in [2.75, 3.05) is 5.32 Å². The van der Waals surface area contributed by atoms with E-state index in [1.807, 2.05) is 30.3 Å². The van der Waals surface area contributed by atoms with Gasteiger partial charge in [0.15, 0.2) is 0 Å². The van der Waals surface area contributed by atoms with E-state index >= 15 is 0 Å². The average molecular weight is 356 g/mol. The van der Waals surface area contributed by atoms with Crippen LogP contribution in [-0.2, 0) is 10.0 Å². The fourth-order valence-electron chi connectivity index (χ4n) is 2.44. The highest BCUT2D eigenvalue weighted by Crippen LogP contribution is 2.20. The largest absolute Gasteiger partial charge is 0.321 e. The Morgan fingerprint density at radius 2 is 1.88 bits per heavy atom. The Kier molecular flexibility index (Phi) is 4.39. The number of aromatic nitrogens is 2. The van der Waals surface area contributed by atoms with Crippen molar-refractivity contribution in [3.05, 3.63) is 72.3 Å². The summed E-state index contributed by atoms with van der Waals surface area (Å²) in [5, 5.41) is 7.87. The van der Waals surface area contributed by atoms with Gasteiger partial charge in [-0.15, -0.1) is 0 Å². The summed E-state index contributed by atoms with van der Waals surface area (Å²) in [4.78, 5) is 16.6. The fraction of sp³-hybridized carbons (Fsp3) is 0.0588. The number of carbonyl (C=O) groups is 1. The lowest BCUT2D eigenvalue weighted by atomic mass is 10.2. The molecule has 1 amide bonds. The van der Waals surface area contributed by atoms with Crippen molar-refractivity contribution in [1.29, 1.82) is 0 Å². The van der Waals surface area contributed by atoms with Crippen LogP contribution in [0, 0.1) is 6.92 Å². The van der Waals surface area contributed by atoms with E-state index in [0.29, 0.717) is 16.9 Å². The summed E-state index contributed by atoms with van der Waals surface area (Å²) in [6.45, 7) is 1.63. The summed E-state index contributed by atoms with van der Waals surface area (Å²) in [6.07, 6.45) is 2.98. The van der Waals surface area contributed by atoms with Gasteiger partial charge in [-0.05, 0) is 36.8 Å². The number of imidazole rings is 1. The molecule has 0 aliphatic heterocycles. The van der Waals surface area contributed by atoms with E-state index in [2.05, 4.69) is 10.3 Å². The Labute approximate surface area is 145 Å². The first-order valence-corrected chi connectivity index (χ1v) is 8.93. The topological polar surface area (TPSA) is 107 Å². The van der Waals surface area contributed by atoms with Gasteiger partial charge in [-0.3, -0.25) is 9.36 Å². The molecule has 25 heavy (non-hydrogen) atoms. The van der Waals surface area contributed by atoms with E-state index in [0.717, 1.165) is 5.69 Å². The molecule has 0 aliphatic carbocycles. The Hall–Kier alpha value is -2.97. The number of hydrogen-bond donors (Lipinski definition) is 2. The molecule has 0 unspecified atom stereocenters. The van der Waals surface area contributed by atoms with Crippen LogP contribution in [-0.4, -0.2) is 23.9 Å². The third kappa shape index (κ3) is 3.59. The van der Waals surface area contributed by atoms with Crippen LogP contribution < -0.4 is 10.5 Å². The highest BCUT2D eigenvalue weighted by molar-refractivity contribution is 7.89. The number of rotatable bonds is 4. The molecular weight excluding hydrogens is 340 g/mol. The van der Waals surface area contributed by atoms with Gasteiger partial charge in [0.05, 0.1) is 17.4 Å². The molecule has 1 aromatic heterocycles. The summed E-state index contributed by atoms with van der Waals surface area (Å²) in [5.74, 6) is -0.412. The molecule has 2 aromatic carbocycles. The summed E-state index contributed by atoms with van der Waals surface area (Å²) in [7, 11) is -3.87. The summed E-state index contributed by atoms with van der Waals surface area (Å²) < 4.78 is 24.9. The van der Waals surface area contributed by atoms with E-state index in [-0.39, 0.29) is 4.90 Å². The quantitative estimate of drug-likeness (QED) is 0.746. The Balaban J connectivity index is 1.91. The second-order valence-electron chi connectivity index (χ2n) is 5.46. The molecule has 0 fully saturated rings. The number of hydrogen-bond acceptors (Lipinski definition) is 4. The van der Waals surface area contributed by atoms with Gasteiger partial charge < -0.3 is 5.32 Å². The van der Waals surface area contributed by atoms with E-state index < -0.39 is 15.9 Å². The zero-order chi connectivity index (χ0) is 18.0. The first-order valence-electron chi connectivity index (χ1n) is 7.39. The number of sulfonamides is 1. The van der Waals surface area contributed by atoms with Crippen LogP contribution in [0.25, 0.3) is 5.69 Å². The summed E-state index contributed by atoms with van der Waals surface area (Å²) in [5.41, 5.74) is 1.96. The number of para-hydroxylation sites is 1. The molecular formula is C17H16N4O3S. The van der Waals surface area contributed by atoms with Gasteiger partial charge >= 0.3 is 0 Å². The maximum atomic E-state index is 12.6. The standard InChI is InChI=1S/C17H16N4O3S/c1-12-7-8-13(9-16(12)25(18,23)24)20-17(22)15-10-19-11-21(15)14-5-3-2-4-6-14/h2-11H,1H3,(H,20,22)(H2,18,23,24). The van der Waals surface area contributed by atoms with Gasteiger partial charge in [-0.1, -0.05) is 24.3 Å². The van der Waals surface area contributed by atoms with Crippen molar-refractivity contribution in [3.8, 4) is 5.69 Å². The van der Waals surface area contributed by atoms with Crippen LogP contribution in [0.3, 0.4) is 0 Å². The normalized spacial score (nSPS) is 11.3. The molecule has 3 aromatic rings. The number of benzene rings is 2. The average Bonchev–Trinajstić information content (AvgIpc) is 3.06. The van der Waals surface area contributed by atoms with Crippen molar-refractivity contribution < 1.29 is 13.2 Å². The minimum absolute atomic E-state index is 0.0260. The molecule has 3 rings (SSSR count). The van der Waals surface area contributed by atoms with Gasteiger partial charge in [-0.2, -0.15) is 0 Å². The second-order valence-corrected chi connectivity index (χ2v) is 6.99. The van der Waals surface area contributed by atoms with Gasteiger partial charge in [0.2, 0.25) is 10.0 Å². The Morgan fingerprint density at radius 3 is 2.56 bits per heavy atom. The van der Waals surface area contributed by atoms with Crippen molar-refractivity contribution in [2.24, 2.45) is 5.14 Å². The van der Waals surface area contributed by atoms with Crippen molar-refractivity contribution >= 4 is 21.6 Å². The zero-order valence-electron chi connectivity index (χ0n) is 13.4. The molecule has 0 spiro atoms. The van der Waals surface area contributed by atoms with E-state index in [1.54, 1.807) is 23.6 Å². The zero-order valence-corrected chi connectivity index (χ0v) is 14.2. The van der Waals surface area contributed by atoms with E-state index in [1.165, 1.54) is 18.6 Å². The maximum Gasteiger partial charge on any atom is 0.274 e. The monoisotopic (exact) mass is 356 g/mol.